The summed E-state index contributed by atoms with van der Waals surface area (Å²) in [5.41, 5.74) is 7.12. The van der Waals surface area contributed by atoms with Crippen LogP contribution in [0.15, 0.2) is 18.2 Å². The van der Waals surface area contributed by atoms with E-state index >= 15 is 0 Å². The number of nitrogens with two attached hydrogens (primary N) is 1. The summed E-state index contributed by atoms with van der Waals surface area (Å²) < 4.78 is 31.9. The minimum Gasteiger partial charge on any atom is -0.449 e. The lowest BCUT2D eigenvalue weighted by Gasteiger charge is -2.10. The molecule has 0 aliphatic heterocycles. The van der Waals surface area contributed by atoms with E-state index in [-0.39, 0.29) is 18.8 Å². The van der Waals surface area contributed by atoms with Gasteiger partial charge in [0.1, 0.15) is 0 Å². The molecule has 0 unspecified atom stereocenters. The minimum absolute atomic E-state index is 0.0741. The molecule has 0 aliphatic carbocycles. The number of rotatable bonds is 4. The van der Waals surface area contributed by atoms with Crippen LogP contribution in [0.4, 0.5) is 10.5 Å². The molecule has 0 spiro atoms. The lowest BCUT2D eigenvalue weighted by molar-refractivity contribution is 0.159. The average molecular weight is 311 g/mol. The first-order chi connectivity index (χ1) is 9.88. The summed E-state index contributed by atoms with van der Waals surface area (Å²) in [4.78, 5) is 11.1. The summed E-state index contributed by atoms with van der Waals surface area (Å²) in [5, 5.41) is 0. The van der Waals surface area contributed by atoms with E-state index in [0.717, 1.165) is 5.56 Å². The molecule has 1 aromatic rings. The van der Waals surface area contributed by atoms with Crippen molar-refractivity contribution in [2.75, 3.05) is 17.9 Å². The summed E-state index contributed by atoms with van der Waals surface area (Å²) in [6.07, 6.45) is -1.04. The molecule has 0 aliphatic rings. The first-order valence-corrected chi connectivity index (χ1v) is 7.63. The third kappa shape index (κ3) is 5.72. The van der Waals surface area contributed by atoms with Crippen molar-refractivity contribution in [3.63, 3.8) is 0 Å². The fourth-order valence-electron chi connectivity index (χ4n) is 1.42. The molecule has 1 amide bonds. The smallest absolute Gasteiger partial charge is 0.422 e. The zero-order valence-electron chi connectivity index (χ0n) is 11.8. The van der Waals surface area contributed by atoms with Crippen LogP contribution >= 0.6 is 0 Å². The molecule has 0 saturated carbocycles. The summed E-state index contributed by atoms with van der Waals surface area (Å²) in [6.45, 7) is 3.70. The van der Waals surface area contributed by atoms with Crippen molar-refractivity contribution < 1.29 is 17.9 Å². The Labute approximate surface area is 124 Å². The van der Waals surface area contributed by atoms with Crippen LogP contribution in [0.3, 0.4) is 0 Å². The number of anilines is 1. The second-order valence-electron chi connectivity index (χ2n) is 3.96. The van der Waals surface area contributed by atoms with Gasteiger partial charge < -0.3 is 10.5 Å². The van der Waals surface area contributed by atoms with Crippen LogP contribution in [0, 0.1) is 18.8 Å². The lowest BCUT2D eigenvalue weighted by Crippen LogP contribution is -2.35. The van der Waals surface area contributed by atoms with Crippen molar-refractivity contribution in [2.45, 2.75) is 13.8 Å². The van der Waals surface area contributed by atoms with Gasteiger partial charge in [-0.25, -0.2) is 9.52 Å². The van der Waals surface area contributed by atoms with Crippen molar-refractivity contribution in [3.05, 3.63) is 29.3 Å². The van der Waals surface area contributed by atoms with Crippen LogP contribution < -0.4 is 15.2 Å². The molecule has 0 radical (unpaired) electrons. The zero-order chi connectivity index (χ0) is 15.9. The normalized spacial score (nSPS) is 10.2. The van der Waals surface area contributed by atoms with Gasteiger partial charge in [-0.2, -0.15) is 8.42 Å². The highest BCUT2D eigenvalue weighted by Crippen LogP contribution is 2.15. The molecular weight excluding hydrogens is 294 g/mol. The maximum absolute atomic E-state index is 11.7. The largest absolute Gasteiger partial charge is 0.449 e. The minimum atomic E-state index is -4.05. The summed E-state index contributed by atoms with van der Waals surface area (Å²) >= 11 is 0. The number of amides is 1. The van der Waals surface area contributed by atoms with E-state index in [1.54, 1.807) is 29.8 Å². The van der Waals surface area contributed by atoms with E-state index in [2.05, 4.69) is 21.3 Å². The third-order valence-corrected chi connectivity index (χ3v) is 3.25. The molecule has 0 saturated heterocycles. The molecule has 1 aromatic carbocycles. The number of hydrogen-bond acceptors (Lipinski definition) is 5. The maximum Gasteiger partial charge on any atom is 0.422 e. The molecule has 1 rings (SSSR count). The molecule has 0 heterocycles. The molecule has 0 fully saturated rings. The van der Waals surface area contributed by atoms with Gasteiger partial charge in [0, 0.05) is 5.56 Å². The molecule has 4 N–H and O–H groups in total. The number of carbonyl (C=O) groups excluding carboxylic acids is 1. The van der Waals surface area contributed by atoms with Crippen LogP contribution in [0.25, 0.3) is 0 Å². The highest BCUT2D eigenvalue weighted by atomic mass is 32.2. The van der Waals surface area contributed by atoms with Crippen LogP contribution in [0.2, 0.25) is 0 Å². The van der Waals surface area contributed by atoms with Crippen molar-refractivity contribution in [1.82, 2.24) is 4.72 Å². The molecule has 8 heteroatoms. The Kier molecular flexibility index (Phi) is 6.02. The second kappa shape index (κ2) is 7.52. The predicted molar refractivity (Wildman–Crippen MR) is 79.8 cm³/mol. The highest BCUT2D eigenvalue weighted by molar-refractivity contribution is 7.91. The third-order valence-electron chi connectivity index (χ3n) is 2.31. The molecule has 7 nitrogen and oxygen atoms in total. The second-order valence-corrected chi connectivity index (χ2v) is 5.38. The number of ether oxygens (including phenoxy) is 1. The topological polar surface area (TPSA) is 111 Å². The summed E-state index contributed by atoms with van der Waals surface area (Å²) in [6, 6.07) is 4.83. The predicted octanol–water partition coefficient (Wildman–Crippen LogP) is 0.708. The first-order valence-electron chi connectivity index (χ1n) is 6.15. The van der Waals surface area contributed by atoms with Gasteiger partial charge in [-0.15, -0.1) is 0 Å². The molecule has 0 bridgehead atoms. The van der Waals surface area contributed by atoms with Gasteiger partial charge >= 0.3 is 16.3 Å². The molecule has 21 heavy (non-hydrogen) atoms. The van der Waals surface area contributed by atoms with Crippen LogP contribution in [-0.2, 0) is 14.9 Å². The Hall–Kier alpha value is -2.24. The molecule has 0 atom stereocenters. The molecule has 114 valence electrons. The van der Waals surface area contributed by atoms with Gasteiger partial charge in [0.15, 0.2) is 0 Å². The molecule has 0 aromatic heterocycles. The fourth-order valence-corrected chi connectivity index (χ4v) is 2.18. The van der Waals surface area contributed by atoms with Crippen LogP contribution in [-0.4, -0.2) is 27.7 Å². The van der Waals surface area contributed by atoms with Crippen molar-refractivity contribution >= 4 is 22.0 Å². The van der Waals surface area contributed by atoms with Gasteiger partial charge in [0.2, 0.25) is 0 Å². The Morgan fingerprint density at radius 1 is 1.43 bits per heavy atom. The monoisotopic (exact) mass is 311 g/mol. The van der Waals surface area contributed by atoms with Gasteiger partial charge in [-0.3, -0.25) is 4.72 Å². The Balaban J connectivity index is 2.90. The van der Waals surface area contributed by atoms with Gasteiger partial charge in [0.05, 0.1) is 18.8 Å². The quantitative estimate of drug-likeness (QED) is 0.709. The first kappa shape index (κ1) is 16.8. The van der Waals surface area contributed by atoms with E-state index in [9.17, 15) is 13.2 Å². The van der Waals surface area contributed by atoms with E-state index in [0.29, 0.717) is 5.56 Å². The van der Waals surface area contributed by atoms with Crippen molar-refractivity contribution in [2.24, 2.45) is 5.73 Å². The average Bonchev–Trinajstić information content (AvgIpc) is 2.38. The fraction of sp³-hybridized carbons (Fsp3) is 0.308. The Bertz CT molecular complexity index is 674. The molecular formula is C13H17N3O4S. The van der Waals surface area contributed by atoms with Crippen LogP contribution in [0.1, 0.15) is 18.1 Å². The lowest BCUT2D eigenvalue weighted by atomic mass is 10.1. The van der Waals surface area contributed by atoms with E-state index < -0.39 is 16.3 Å². The number of aryl methyl sites for hydroxylation is 1. The van der Waals surface area contributed by atoms with Crippen molar-refractivity contribution in [3.8, 4) is 11.8 Å². The highest BCUT2D eigenvalue weighted by Gasteiger charge is 2.15. The number of benzene rings is 1. The number of hydrogen-bond donors (Lipinski definition) is 3. The van der Waals surface area contributed by atoms with Gasteiger partial charge in [-0.1, -0.05) is 17.9 Å². The van der Waals surface area contributed by atoms with E-state index in [4.69, 9.17) is 5.73 Å². The summed E-state index contributed by atoms with van der Waals surface area (Å²) in [7, 11) is -4.05. The Morgan fingerprint density at radius 2 is 2.14 bits per heavy atom. The maximum atomic E-state index is 11.7. The van der Waals surface area contributed by atoms with Crippen molar-refractivity contribution in [1.29, 1.82) is 0 Å². The number of carbonyl (C=O) groups is 1. The Morgan fingerprint density at radius 3 is 2.76 bits per heavy atom. The van der Waals surface area contributed by atoms with E-state index in [1.165, 1.54) is 0 Å². The van der Waals surface area contributed by atoms with Crippen LogP contribution in [0.5, 0.6) is 0 Å². The zero-order valence-corrected chi connectivity index (χ0v) is 12.6. The van der Waals surface area contributed by atoms with E-state index in [1.807, 2.05) is 6.92 Å². The van der Waals surface area contributed by atoms with Gasteiger partial charge in [0.25, 0.3) is 0 Å². The number of nitrogens with one attached hydrogen (secondary N) is 2. The van der Waals surface area contributed by atoms with Gasteiger partial charge in [-0.05, 0) is 31.5 Å². The summed E-state index contributed by atoms with van der Waals surface area (Å²) in [5.74, 6) is 5.53. The SMILES string of the molecule is CCOC(=O)NS(=O)(=O)Nc1ccc(C)c(C#CCN)c1. The standard InChI is InChI=1S/C13H17N3O4S/c1-3-20-13(17)16-21(18,19)15-12-7-6-10(2)11(9-12)5-4-8-14/h6-7,9,15H,3,8,14H2,1-2H3,(H,16,17).